The maximum atomic E-state index is 11.5. The van der Waals surface area contributed by atoms with Gasteiger partial charge in [-0.05, 0) is 78.0 Å². The summed E-state index contributed by atoms with van der Waals surface area (Å²) in [6.45, 7) is 0. The minimum Gasteiger partial charge on any atom is -0.408 e. The molecule has 0 fully saturated rings. The summed E-state index contributed by atoms with van der Waals surface area (Å²) in [6.07, 6.45) is 0. The van der Waals surface area contributed by atoms with Crippen molar-refractivity contribution in [3.8, 4) is 27.9 Å². The molecule has 1 aromatic heterocycles. The first-order valence-electron chi connectivity index (χ1n) is 19.3. The Labute approximate surface area is 329 Å². The van der Waals surface area contributed by atoms with Gasteiger partial charge in [-0.25, -0.2) is 4.98 Å². The van der Waals surface area contributed by atoms with Crippen molar-refractivity contribution in [3.05, 3.63) is 96.8 Å². The van der Waals surface area contributed by atoms with Crippen LogP contribution in [0.5, 0.6) is 0 Å². The molecule has 8 rings (SSSR count). The summed E-state index contributed by atoms with van der Waals surface area (Å²) in [5.41, 5.74) is 18.9. The monoisotopic (exact) mass is 684 g/mol. The van der Waals surface area contributed by atoms with Crippen molar-refractivity contribution in [1.29, 1.82) is 0 Å². The van der Waals surface area contributed by atoms with Crippen LogP contribution < -0.4 is 43.7 Å². The number of aliphatic hydroxyl groups is 1. The molecular weight excluding hydrogens is 642 g/mol. The Bertz CT molecular complexity index is 2800. The fourth-order valence-corrected chi connectivity index (χ4v) is 8.95. The van der Waals surface area contributed by atoms with Crippen LogP contribution in [0.4, 0.5) is 0 Å². The highest BCUT2D eigenvalue weighted by Gasteiger charge is 2.40. The van der Waals surface area contributed by atoms with Crippen molar-refractivity contribution in [2.45, 2.75) is 10.6 Å². The second-order valence-electron chi connectivity index (χ2n) is 16.7. The third kappa shape index (κ3) is 5.14. The van der Waals surface area contributed by atoms with Crippen LogP contribution in [0.2, 0.25) is 0 Å². The Balaban J connectivity index is 1.61. The highest BCUT2D eigenvalue weighted by molar-refractivity contribution is 6.71. The van der Waals surface area contributed by atoms with Crippen LogP contribution in [-0.4, -0.2) is 114 Å². The smallest absolute Gasteiger partial charge is 0.139 e. The molecule has 0 radical (unpaired) electrons. The average Bonchev–Trinajstić information content (AvgIpc) is 3.56. The van der Waals surface area contributed by atoms with E-state index in [1.165, 1.54) is 92.9 Å². The number of imidazole rings is 1. The number of aromatic nitrogens is 2. The van der Waals surface area contributed by atoms with E-state index in [2.05, 4.69) is 168 Å². The van der Waals surface area contributed by atoms with E-state index in [0.29, 0.717) is 0 Å². The second kappa shape index (κ2) is 12.8. The number of benzene rings is 7. The standard InChI is InChI=1S/C39H40B12N2O/c40-29-25-23(16-8-2-1-3-9-16)26-28(32(43)36(47)34(45)30(26)41)24(27(25)31(42)35(46)33(29)44)19-14-15-21(18-11-5-4-10-17(18)19)53-22-13-7-6-12-20(22)52-37(53)38(48,49)39(50,51)54/h1-15,54H,40-51H2. The van der Waals surface area contributed by atoms with Crippen molar-refractivity contribution in [1.82, 2.24) is 9.55 Å². The van der Waals surface area contributed by atoms with Crippen LogP contribution in [0.3, 0.4) is 0 Å². The van der Waals surface area contributed by atoms with Crippen LogP contribution in [0, 0.1) is 0 Å². The van der Waals surface area contributed by atoms with Crippen molar-refractivity contribution in [3.63, 3.8) is 0 Å². The Morgan fingerprint density at radius 1 is 0.481 bits per heavy atom. The van der Waals surface area contributed by atoms with E-state index < -0.39 is 10.6 Å². The Hall–Kier alpha value is -4.47. The van der Waals surface area contributed by atoms with E-state index in [4.69, 9.17) is 4.98 Å². The molecule has 0 spiro atoms. The SMILES string of the molecule is Bc1c(B)c(B)c2c(-c3ccc(-n4c(C(B)(B)C(B)(B)O)nc5ccccc54)c4ccccc34)c3c(B)c(B)c(B)c(B)c3c(-c3ccccc3)c2c1B. The molecular formula is C39H40B12N2O. The van der Waals surface area contributed by atoms with Gasteiger partial charge in [-0.3, -0.25) is 4.57 Å². The van der Waals surface area contributed by atoms with Crippen molar-refractivity contribution in [2.24, 2.45) is 0 Å². The first-order valence-corrected chi connectivity index (χ1v) is 19.3. The molecule has 0 unspecified atom stereocenters. The summed E-state index contributed by atoms with van der Waals surface area (Å²) < 4.78 is 2.29. The van der Waals surface area contributed by atoms with Crippen LogP contribution in [-0.2, 0) is 5.21 Å². The van der Waals surface area contributed by atoms with Crippen LogP contribution >= 0.6 is 0 Å². The summed E-state index contributed by atoms with van der Waals surface area (Å²) in [6, 6.07) is 32.9. The molecule has 7 aromatic carbocycles. The zero-order valence-corrected chi connectivity index (χ0v) is 34.0. The van der Waals surface area contributed by atoms with Gasteiger partial charge in [-0.1, -0.05) is 94.6 Å². The topological polar surface area (TPSA) is 38.0 Å². The third-order valence-electron chi connectivity index (χ3n) is 13.5. The highest BCUT2D eigenvalue weighted by atomic mass is 16.3. The Morgan fingerprint density at radius 3 is 1.48 bits per heavy atom. The molecule has 0 amide bonds. The molecule has 1 heterocycles. The first kappa shape index (κ1) is 36.5. The highest BCUT2D eigenvalue weighted by Crippen LogP contribution is 2.44. The van der Waals surface area contributed by atoms with Gasteiger partial charge in [0.05, 0.1) is 16.7 Å². The maximum absolute atomic E-state index is 11.5. The van der Waals surface area contributed by atoms with Gasteiger partial charge < -0.3 is 5.11 Å². The lowest BCUT2D eigenvalue weighted by Gasteiger charge is -2.38. The predicted molar refractivity (Wildman–Crippen MR) is 271 cm³/mol. The molecule has 0 atom stereocenters. The summed E-state index contributed by atoms with van der Waals surface area (Å²) in [7, 11) is 26.4. The van der Waals surface area contributed by atoms with Gasteiger partial charge in [0.2, 0.25) is 0 Å². The average molecular weight is 683 g/mol. The van der Waals surface area contributed by atoms with Gasteiger partial charge in [0.25, 0.3) is 0 Å². The molecule has 0 saturated heterocycles. The van der Waals surface area contributed by atoms with Gasteiger partial charge in [-0.15, -0.1) is 21.9 Å². The van der Waals surface area contributed by atoms with E-state index in [1.54, 1.807) is 0 Å². The largest absolute Gasteiger partial charge is 0.408 e. The van der Waals surface area contributed by atoms with Gasteiger partial charge >= 0.3 is 0 Å². The van der Waals surface area contributed by atoms with E-state index >= 15 is 0 Å². The molecule has 15 heteroatoms. The summed E-state index contributed by atoms with van der Waals surface area (Å²) in [5.74, 6) is 0.840. The van der Waals surface area contributed by atoms with Gasteiger partial charge in [0.15, 0.2) is 0 Å². The summed E-state index contributed by atoms with van der Waals surface area (Å²) >= 11 is 0. The Morgan fingerprint density at radius 2 is 0.944 bits per heavy atom. The molecule has 0 bridgehead atoms. The van der Waals surface area contributed by atoms with E-state index in [9.17, 15) is 5.11 Å². The molecule has 0 aliphatic heterocycles. The van der Waals surface area contributed by atoms with Gasteiger partial charge in [-0.2, -0.15) is 0 Å². The van der Waals surface area contributed by atoms with Crippen molar-refractivity contribution < 1.29 is 5.11 Å². The summed E-state index contributed by atoms with van der Waals surface area (Å²) in [4.78, 5) is 5.22. The Kier molecular flexibility index (Phi) is 8.66. The number of nitrogens with zero attached hydrogens (tertiary/aromatic N) is 2. The number of rotatable bonds is 5. The minimum absolute atomic E-state index is 0.653. The maximum Gasteiger partial charge on any atom is 0.139 e. The zero-order valence-electron chi connectivity index (χ0n) is 34.0. The first-order chi connectivity index (χ1) is 25.6. The van der Waals surface area contributed by atoms with Gasteiger partial charge in [0.1, 0.15) is 100.0 Å². The molecule has 0 aliphatic carbocycles. The normalized spacial score (nSPS) is 12.3. The van der Waals surface area contributed by atoms with E-state index in [1.807, 2.05) is 21.8 Å². The lowest BCUT2D eigenvalue weighted by atomic mass is 9.35. The predicted octanol–water partition coefficient (Wildman–Crippen LogP) is -8.78. The van der Waals surface area contributed by atoms with Gasteiger partial charge in [0, 0.05) is 5.39 Å². The second-order valence-corrected chi connectivity index (χ2v) is 16.7. The lowest BCUT2D eigenvalue weighted by Crippen LogP contribution is -2.55. The quantitative estimate of drug-likeness (QED) is 0.145. The lowest BCUT2D eigenvalue weighted by molar-refractivity contribution is 0.189. The minimum atomic E-state index is -1.02. The van der Waals surface area contributed by atoms with Crippen LogP contribution in [0.1, 0.15) is 5.82 Å². The molecule has 54 heavy (non-hydrogen) atoms. The van der Waals surface area contributed by atoms with Crippen LogP contribution in [0.15, 0.2) is 91.0 Å². The van der Waals surface area contributed by atoms with E-state index in [-0.39, 0.29) is 0 Å². The molecule has 0 saturated carbocycles. The van der Waals surface area contributed by atoms with Crippen molar-refractivity contribution in [2.75, 3.05) is 0 Å². The number of hydrogen-bond acceptors (Lipinski definition) is 2. The number of fused-ring (bicyclic) bond motifs is 4. The summed E-state index contributed by atoms with van der Waals surface area (Å²) in [5, 5.41) is 17.6. The molecule has 3 nitrogen and oxygen atoms in total. The number of para-hydroxylation sites is 2. The van der Waals surface area contributed by atoms with Crippen molar-refractivity contribution >= 4 is 181 Å². The number of hydrogen-bond donors (Lipinski definition) is 1. The molecule has 0 aliphatic rings. The molecule has 248 valence electrons. The fraction of sp³-hybridized carbons (Fsp3) is 0.0513. The van der Waals surface area contributed by atoms with Crippen LogP contribution in [0.25, 0.3) is 71.3 Å². The fourth-order valence-electron chi connectivity index (χ4n) is 8.95. The van der Waals surface area contributed by atoms with E-state index in [0.717, 1.165) is 27.9 Å². The third-order valence-corrected chi connectivity index (χ3v) is 13.5. The molecule has 1 N–H and O–H groups in total. The molecule has 8 aromatic rings. The zero-order chi connectivity index (χ0) is 38.6.